The molecular formula is C20H29N3O4. The van der Waals surface area contributed by atoms with Crippen molar-refractivity contribution in [3.8, 4) is 0 Å². The summed E-state index contributed by atoms with van der Waals surface area (Å²) in [6.07, 6.45) is 5.23. The molecule has 2 atom stereocenters. The summed E-state index contributed by atoms with van der Waals surface area (Å²) in [6, 6.07) is 9.57. The first kappa shape index (κ1) is 22.4. The van der Waals surface area contributed by atoms with Crippen LogP contribution in [0.4, 0.5) is 0 Å². The minimum Gasteiger partial charge on any atom is -0.469 e. The minimum atomic E-state index is -0.690. The lowest BCUT2D eigenvalue weighted by Gasteiger charge is -2.30. The van der Waals surface area contributed by atoms with E-state index in [1.165, 1.54) is 20.1 Å². The molecule has 2 rings (SSSR count). The molecule has 0 saturated heterocycles. The molecule has 148 valence electrons. The molecule has 27 heavy (non-hydrogen) atoms. The fourth-order valence-corrected chi connectivity index (χ4v) is 3.00. The van der Waals surface area contributed by atoms with Gasteiger partial charge in [0.1, 0.15) is 0 Å². The molecule has 1 aromatic rings. The number of nitrogens with zero attached hydrogens (tertiary/aromatic N) is 1. The van der Waals surface area contributed by atoms with Crippen LogP contribution >= 0.6 is 0 Å². The number of rotatable bonds is 5. The Kier molecular flexibility index (Phi) is 8.68. The number of esters is 1. The van der Waals surface area contributed by atoms with Gasteiger partial charge in [-0.05, 0) is 30.9 Å². The van der Waals surface area contributed by atoms with Crippen molar-refractivity contribution in [1.82, 2.24) is 4.90 Å². The van der Waals surface area contributed by atoms with Crippen LogP contribution in [0.2, 0.25) is 0 Å². The number of nitrogens with two attached hydrogens (primary N) is 2. The molecule has 0 radical (unpaired) electrons. The van der Waals surface area contributed by atoms with Gasteiger partial charge in [-0.3, -0.25) is 14.4 Å². The van der Waals surface area contributed by atoms with Crippen LogP contribution in [0.5, 0.6) is 0 Å². The third kappa shape index (κ3) is 7.22. The van der Waals surface area contributed by atoms with Crippen LogP contribution in [-0.4, -0.2) is 49.4 Å². The van der Waals surface area contributed by atoms with Crippen molar-refractivity contribution in [3.63, 3.8) is 0 Å². The predicted octanol–water partition coefficient (Wildman–Crippen LogP) is 1.32. The first-order valence-electron chi connectivity index (χ1n) is 8.78. The van der Waals surface area contributed by atoms with Crippen LogP contribution in [0.25, 0.3) is 6.08 Å². The molecule has 7 heteroatoms. The molecule has 0 heterocycles. The second kappa shape index (κ2) is 10.5. The Hall–Kier alpha value is -2.67. The molecule has 0 aromatic heterocycles. The number of benzene rings is 1. The molecule has 1 unspecified atom stereocenters. The number of primary amides is 1. The van der Waals surface area contributed by atoms with E-state index in [2.05, 4.69) is 4.74 Å². The zero-order valence-corrected chi connectivity index (χ0v) is 16.2. The SMILES string of the molecule is CN(C[C@]1(C(N)=O)CCC(N)C1)C(=O)/C=C/c1ccccc1.COC(C)=O. The first-order chi connectivity index (χ1) is 12.7. The van der Waals surface area contributed by atoms with Gasteiger partial charge in [0.25, 0.3) is 0 Å². The molecular weight excluding hydrogens is 346 g/mol. The molecule has 1 fully saturated rings. The smallest absolute Gasteiger partial charge is 0.302 e. The van der Waals surface area contributed by atoms with E-state index in [0.717, 1.165) is 12.0 Å². The van der Waals surface area contributed by atoms with E-state index >= 15 is 0 Å². The standard InChI is InChI=1S/C17H23N3O2.C3H6O2/c1-20(12-17(16(19)22)10-9-14(18)11-17)15(21)8-7-13-5-3-2-4-6-13;1-3(4)5-2/h2-8,14H,9-12,18H2,1H3,(H2,19,22);1-2H3/b8-7+;/t14?,17-;/m0./s1. The molecule has 1 aromatic carbocycles. The predicted molar refractivity (Wildman–Crippen MR) is 104 cm³/mol. The summed E-state index contributed by atoms with van der Waals surface area (Å²) >= 11 is 0. The van der Waals surface area contributed by atoms with Crippen LogP contribution in [0.15, 0.2) is 36.4 Å². The zero-order chi connectivity index (χ0) is 20.4. The second-order valence-corrected chi connectivity index (χ2v) is 6.78. The third-order valence-corrected chi connectivity index (χ3v) is 4.59. The Labute approximate surface area is 160 Å². The maximum Gasteiger partial charge on any atom is 0.302 e. The maximum absolute atomic E-state index is 12.2. The topological polar surface area (TPSA) is 116 Å². The fourth-order valence-electron chi connectivity index (χ4n) is 3.00. The monoisotopic (exact) mass is 375 g/mol. The Balaban J connectivity index is 0.000000646. The van der Waals surface area contributed by atoms with E-state index in [9.17, 15) is 14.4 Å². The van der Waals surface area contributed by atoms with E-state index in [1.807, 2.05) is 30.3 Å². The van der Waals surface area contributed by atoms with Gasteiger partial charge in [-0.2, -0.15) is 0 Å². The zero-order valence-electron chi connectivity index (χ0n) is 16.2. The van der Waals surface area contributed by atoms with E-state index in [4.69, 9.17) is 11.5 Å². The fraction of sp³-hybridized carbons (Fsp3) is 0.450. The molecule has 2 amide bonds. The summed E-state index contributed by atoms with van der Waals surface area (Å²) in [5.41, 5.74) is 11.7. The summed E-state index contributed by atoms with van der Waals surface area (Å²) in [5, 5.41) is 0. The van der Waals surface area contributed by atoms with Gasteiger partial charge < -0.3 is 21.1 Å². The highest BCUT2D eigenvalue weighted by Crippen LogP contribution is 2.37. The van der Waals surface area contributed by atoms with Gasteiger partial charge in [0.15, 0.2) is 0 Å². The molecule has 0 spiro atoms. The Morgan fingerprint density at radius 1 is 1.30 bits per heavy atom. The normalized spacial score (nSPS) is 21.3. The van der Waals surface area contributed by atoms with Gasteiger partial charge >= 0.3 is 5.97 Å². The molecule has 1 saturated carbocycles. The number of carbonyl (C=O) groups excluding carboxylic acids is 3. The number of likely N-dealkylation sites (N-methyl/N-ethyl adjacent to an activating group) is 1. The van der Waals surface area contributed by atoms with Crippen molar-refractivity contribution in [3.05, 3.63) is 42.0 Å². The maximum atomic E-state index is 12.2. The summed E-state index contributed by atoms with van der Waals surface area (Å²) < 4.78 is 4.11. The van der Waals surface area contributed by atoms with Crippen LogP contribution in [-0.2, 0) is 19.1 Å². The number of hydrogen-bond acceptors (Lipinski definition) is 5. The number of hydrogen-bond donors (Lipinski definition) is 2. The van der Waals surface area contributed by atoms with Gasteiger partial charge in [-0.1, -0.05) is 30.3 Å². The molecule has 4 N–H and O–H groups in total. The first-order valence-corrected chi connectivity index (χ1v) is 8.78. The van der Waals surface area contributed by atoms with Crippen LogP contribution in [0.3, 0.4) is 0 Å². The molecule has 0 aliphatic heterocycles. The lowest BCUT2D eigenvalue weighted by Crippen LogP contribution is -2.46. The average Bonchev–Trinajstić information content (AvgIpc) is 3.03. The molecule has 7 nitrogen and oxygen atoms in total. The lowest BCUT2D eigenvalue weighted by molar-refractivity contribution is -0.138. The highest BCUT2D eigenvalue weighted by molar-refractivity contribution is 5.92. The van der Waals surface area contributed by atoms with Crippen molar-refractivity contribution in [2.24, 2.45) is 16.9 Å². The van der Waals surface area contributed by atoms with Crippen molar-refractivity contribution >= 4 is 23.9 Å². The third-order valence-electron chi connectivity index (χ3n) is 4.59. The van der Waals surface area contributed by atoms with Crippen molar-refractivity contribution in [1.29, 1.82) is 0 Å². The lowest BCUT2D eigenvalue weighted by atomic mass is 9.84. The summed E-state index contributed by atoms with van der Waals surface area (Å²) in [7, 11) is 3.04. The Morgan fingerprint density at radius 2 is 1.89 bits per heavy atom. The largest absolute Gasteiger partial charge is 0.469 e. The number of amides is 2. The highest BCUT2D eigenvalue weighted by atomic mass is 16.5. The van der Waals surface area contributed by atoms with Crippen molar-refractivity contribution < 1.29 is 19.1 Å². The molecule has 1 aliphatic rings. The van der Waals surface area contributed by atoms with Gasteiger partial charge in [0.2, 0.25) is 11.8 Å². The second-order valence-electron chi connectivity index (χ2n) is 6.78. The quantitative estimate of drug-likeness (QED) is 0.595. The van der Waals surface area contributed by atoms with E-state index in [0.29, 0.717) is 19.4 Å². The van der Waals surface area contributed by atoms with Crippen molar-refractivity contribution in [2.75, 3.05) is 20.7 Å². The van der Waals surface area contributed by atoms with E-state index in [-0.39, 0.29) is 23.8 Å². The summed E-state index contributed by atoms with van der Waals surface area (Å²) in [5.74, 6) is -0.762. The van der Waals surface area contributed by atoms with Gasteiger partial charge in [-0.25, -0.2) is 0 Å². The van der Waals surface area contributed by atoms with E-state index < -0.39 is 5.41 Å². The summed E-state index contributed by atoms with van der Waals surface area (Å²) in [6.45, 7) is 1.67. The molecule has 1 aliphatic carbocycles. The van der Waals surface area contributed by atoms with Crippen LogP contribution < -0.4 is 11.5 Å². The number of carbonyl (C=O) groups is 3. The number of ether oxygens (including phenoxy) is 1. The number of methoxy groups -OCH3 is 1. The van der Waals surface area contributed by atoms with Gasteiger partial charge in [0, 0.05) is 32.6 Å². The highest BCUT2D eigenvalue weighted by Gasteiger charge is 2.44. The minimum absolute atomic E-state index is 0.0177. The summed E-state index contributed by atoms with van der Waals surface area (Å²) in [4.78, 5) is 35.2. The Morgan fingerprint density at radius 3 is 2.33 bits per heavy atom. The van der Waals surface area contributed by atoms with Gasteiger partial charge in [0.05, 0.1) is 12.5 Å². The van der Waals surface area contributed by atoms with E-state index in [1.54, 1.807) is 18.0 Å². The van der Waals surface area contributed by atoms with Crippen molar-refractivity contribution in [2.45, 2.75) is 32.2 Å². The average molecular weight is 375 g/mol. The molecule has 0 bridgehead atoms. The van der Waals surface area contributed by atoms with Gasteiger partial charge in [-0.15, -0.1) is 0 Å². The van der Waals surface area contributed by atoms with Crippen LogP contribution in [0.1, 0.15) is 31.7 Å². The van der Waals surface area contributed by atoms with Crippen LogP contribution in [0, 0.1) is 5.41 Å². The Bertz CT molecular complexity index is 675.